The Kier molecular flexibility index (Phi) is 3.41. The van der Waals surface area contributed by atoms with Crippen LogP contribution >= 0.6 is 11.6 Å². The summed E-state index contributed by atoms with van der Waals surface area (Å²) in [7, 11) is -3.59. The summed E-state index contributed by atoms with van der Waals surface area (Å²) in [6, 6.07) is 6.80. The van der Waals surface area contributed by atoms with Crippen LogP contribution in [-0.4, -0.2) is 36.6 Å². The molecular formula is C11H10ClNO4S. The van der Waals surface area contributed by atoms with Gasteiger partial charge in [-0.15, -0.1) is 0 Å². The van der Waals surface area contributed by atoms with Gasteiger partial charge in [0, 0.05) is 5.02 Å². The molecule has 0 spiro atoms. The average Bonchev–Trinajstić information content (AvgIpc) is 2.24. The first-order valence-electron chi connectivity index (χ1n) is 5.16. The van der Waals surface area contributed by atoms with Gasteiger partial charge in [-0.25, -0.2) is 8.42 Å². The van der Waals surface area contributed by atoms with Gasteiger partial charge in [0.15, 0.2) is 9.84 Å². The summed E-state index contributed by atoms with van der Waals surface area (Å²) in [5.41, 5.74) is 0.611. The lowest BCUT2D eigenvalue weighted by Gasteiger charge is -2.25. The van der Waals surface area contributed by atoms with Crippen LogP contribution in [0.25, 0.3) is 0 Å². The molecular weight excluding hydrogens is 278 g/mol. The summed E-state index contributed by atoms with van der Waals surface area (Å²) in [5, 5.41) is 0.437. The number of imide groups is 1. The van der Waals surface area contributed by atoms with Gasteiger partial charge >= 0.3 is 0 Å². The van der Waals surface area contributed by atoms with Crippen molar-refractivity contribution in [2.45, 2.75) is 6.54 Å². The highest BCUT2D eigenvalue weighted by atomic mass is 35.5. The summed E-state index contributed by atoms with van der Waals surface area (Å²) >= 11 is 5.93. The molecule has 0 saturated carbocycles. The molecule has 18 heavy (non-hydrogen) atoms. The zero-order valence-corrected chi connectivity index (χ0v) is 10.9. The third-order valence-corrected chi connectivity index (χ3v) is 4.32. The van der Waals surface area contributed by atoms with Gasteiger partial charge in [-0.2, -0.15) is 0 Å². The molecule has 1 aromatic carbocycles. The highest BCUT2D eigenvalue weighted by Gasteiger charge is 2.35. The van der Waals surface area contributed by atoms with Gasteiger partial charge in [-0.1, -0.05) is 29.8 Å². The van der Waals surface area contributed by atoms with Gasteiger partial charge in [0.25, 0.3) is 0 Å². The maximum absolute atomic E-state index is 11.6. The van der Waals surface area contributed by atoms with Crippen LogP contribution in [0.5, 0.6) is 0 Å². The lowest BCUT2D eigenvalue weighted by Crippen LogP contribution is -2.48. The topological polar surface area (TPSA) is 71.5 Å². The van der Waals surface area contributed by atoms with Gasteiger partial charge in [0.2, 0.25) is 11.8 Å². The monoisotopic (exact) mass is 287 g/mol. The number of carbonyl (C=O) groups is 2. The quantitative estimate of drug-likeness (QED) is 0.748. The SMILES string of the molecule is O=C1CS(=O)(=O)CC(=O)N1Cc1ccccc1Cl. The molecule has 0 bridgehead atoms. The third-order valence-electron chi connectivity index (χ3n) is 2.58. The summed E-state index contributed by atoms with van der Waals surface area (Å²) < 4.78 is 22.5. The fraction of sp³-hybridized carbons (Fsp3) is 0.273. The second-order valence-electron chi connectivity index (χ2n) is 4.00. The number of hydrogen-bond acceptors (Lipinski definition) is 4. The molecule has 0 aliphatic carbocycles. The largest absolute Gasteiger partial charge is 0.276 e. The maximum Gasteiger partial charge on any atom is 0.244 e. The first kappa shape index (κ1) is 13.0. The molecule has 0 radical (unpaired) electrons. The predicted molar refractivity (Wildman–Crippen MR) is 65.7 cm³/mol. The van der Waals surface area contributed by atoms with Crippen molar-refractivity contribution in [3.05, 3.63) is 34.9 Å². The zero-order valence-electron chi connectivity index (χ0n) is 9.30. The van der Waals surface area contributed by atoms with Crippen molar-refractivity contribution < 1.29 is 18.0 Å². The molecule has 0 unspecified atom stereocenters. The Morgan fingerprint density at radius 1 is 1.11 bits per heavy atom. The molecule has 1 aliphatic rings. The van der Waals surface area contributed by atoms with E-state index in [4.69, 9.17) is 11.6 Å². The summed E-state index contributed by atoms with van der Waals surface area (Å²) in [4.78, 5) is 24.2. The number of sulfone groups is 1. The van der Waals surface area contributed by atoms with Crippen LogP contribution < -0.4 is 0 Å². The Morgan fingerprint density at radius 3 is 2.22 bits per heavy atom. The molecule has 0 N–H and O–H groups in total. The van der Waals surface area contributed by atoms with Crippen LogP contribution in [0.4, 0.5) is 0 Å². The van der Waals surface area contributed by atoms with Crippen molar-refractivity contribution in [3.63, 3.8) is 0 Å². The molecule has 5 nitrogen and oxygen atoms in total. The van der Waals surface area contributed by atoms with Crippen molar-refractivity contribution in [1.29, 1.82) is 0 Å². The van der Waals surface area contributed by atoms with E-state index in [1.807, 2.05) is 0 Å². The summed E-state index contributed by atoms with van der Waals surface area (Å²) in [6.45, 7) is 0.00681. The maximum atomic E-state index is 11.6. The van der Waals surface area contributed by atoms with Crippen molar-refractivity contribution in [2.24, 2.45) is 0 Å². The average molecular weight is 288 g/mol. The van der Waals surface area contributed by atoms with E-state index in [2.05, 4.69) is 0 Å². The van der Waals surface area contributed by atoms with Gasteiger partial charge in [-0.3, -0.25) is 14.5 Å². The highest BCUT2D eigenvalue weighted by Crippen LogP contribution is 2.19. The number of amides is 2. The van der Waals surface area contributed by atoms with Crippen molar-refractivity contribution >= 4 is 33.3 Å². The van der Waals surface area contributed by atoms with Crippen LogP contribution in [0.1, 0.15) is 5.56 Å². The van der Waals surface area contributed by atoms with Crippen molar-refractivity contribution in [2.75, 3.05) is 11.5 Å². The fourth-order valence-electron chi connectivity index (χ4n) is 1.70. The Hall–Kier alpha value is -1.40. The standard InChI is InChI=1S/C11H10ClNO4S/c12-9-4-2-1-3-8(9)5-13-10(14)6-18(16,17)7-11(13)15/h1-4H,5-7H2. The minimum absolute atomic E-state index is 0.00681. The van der Waals surface area contributed by atoms with E-state index in [9.17, 15) is 18.0 Å². The fourth-order valence-corrected chi connectivity index (χ4v) is 3.06. The smallest absolute Gasteiger partial charge is 0.244 e. The lowest BCUT2D eigenvalue weighted by atomic mass is 10.2. The van der Waals surface area contributed by atoms with E-state index < -0.39 is 33.2 Å². The predicted octanol–water partition coefficient (Wildman–Crippen LogP) is 0.624. The van der Waals surface area contributed by atoms with Gasteiger partial charge in [0.05, 0.1) is 6.54 Å². The molecule has 1 fully saturated rings. The summed E-state index contributed by atoms with van der Waals surface area (Å²) in [5.74, 6) is -2.65. The highest BCUT2D eigenvalue weighted by molar-refractivity contribution is 7.92. The van der Waals surface area contributed by atoms with E-state index in [-0.39, 0.29) is 6.54 Å². The first-order chi connectivity index (χ1) is 8.39. The number of rotatable bonds is 2. The molecule has 1 heterocycles. The second kappa shape index (κ2) is 4.70. The Morgan fingerprint density at radius 2 is 1.67 bits per heavy atom. The van der Waals surface area contributed by atoms with Crippen LogP contribution in [0, 0.1) is 0 Å². The molecule has 1 aliphatic heterocycles. The van der Waals surface area contributed by atoms with Crippen molar-refractivity contribution in [1.82, 2.24) is 4.90 Å². The number of halogens is 1. The lowest BCUT2D eigenvalue weighted by molar-refractivity contribution is -0.143. The number of benzene rings is 1. The Labute approximate surface area is 109 Å². The van der Waals surface area contributed by atoms with Crippen LogP contribution in [0.2, 0.25) is 5.02 Å². The molecule has 1 saturated heterocycles. The van der Waals surface area contributed by atoms with Gasteiger partial charge < -0.3 is 0 Å². The molecule has 2 rings (SSSR count). The number of nitrogens with zero attached hydrogens (tertiary/aromatic N) is 1. The van der Waals surface area contributed by atoms with Gasteiger partial charge in [0.1, 0.15) is 11.5 Å². The number of carbonyl (C=O) groups excluding carboxylic acids is 2. The Bertz CT molecular complexity index is 587. The zero-order chi connectivity index (χ0) is 13.3. The Balaban J connectivity index is 2.23. The van der Waals surface area contributed by atoms with E-state index in [1.165, 1.54) is 0 Å². The molecule has 2 amide bonds. The third kappa shape index (κ3) is 2.70. The first-order valence-corrected chi connectivity index (χ1v) is 7.36. The van der Waals surface area contributed by atoms with Crippen LogP contribution in [0.15, 0.2) is 24.3 Å². The van der Waals surface area contributed by atoms with Crippen LogP contribution in [-0.2, 0) is 26.0 Å². The van der Waals surface area contributed by atoms with Crippen LogP contribution in [0.3, 0.4) is 0 Å². The van der Waals surface area contributed by atoms with E-state index in [1.54, 1.807) is 24.3 Å². The van der Waals surface area contributed by atoms with Crippen molar-refractivity contribution in [3.8, 4) is 0 Å². The molecule has 0 atom stereocenters. The normalized spacial score (nSPS) is 19.1. The molecule has 1 aromatic rings. The molecule has 0 aromatic heterocycles. The second-order valence-corrected chi connectivity index (χ2v) is 6.47. The number of hydrogen-bond donors (Lipinski definition) is 0. The minimum Gasteiger partial charge on any atom is -0.276 e. The summed E-state index contributed by atoms with van der Waals surface area (Å²) in [6.07, 6.45) is 0. The molecule has 7 heteroatoms. The molecule has 96 valence electrons. The van der Waals surface area contributed by atoms with E-state index >= 15 is 0 Å². The van der Waals surface area contributed by atoms with E-state index in [0.717, 1.165) is 4.90 Å². The van der Waals surface area contributed by atoms with Gasteiger partial charge in [-0.05, 0) is 11.6 Å². The minimum atomic E-state index is -3.59. The van der Waals surface area contributed by atoms with E-state index in [0.29, 0.717) is 10.6 Å².